The highest BCUT2D eigenvalue weighted by atomic mass is 15.1. The molecule has 2 rings (SSSR count). The van der Waals surface area contributed by atoms with Crippen LogP contribution in [0.4, 0.5) is 5.82 Å². The van der Waals surface area contributed by atoms with Gasteiger partial charge >= 0.3 is 0 Å². The molecular weight excluding hydrogens is 186 g/mol. The molecule has 15 heavy (non-hydrogen) atoms. The number of rotatable bonds is 5. The minimum Gasteiger partial charge on any atom is -0.370 e. The highest BCUT2D eigenvalue weighted by Crippen LogP contribution is 2.26. The molecule has 0 aromatic carbocycles. The highest BCUT2D eigenvalue weighted by Gasteiger charge is 2.25. The number of nitrogens with one attached hydrogen (secondary N) is 1. The molecule has 1 aromatic rings. The van der Waals surface area contributed by atoms with Crippen molar-refractivity contribution in [1.29, 1.82) is 0 Å². The summed E-state index contributed by atoms with van der Waals surface area (Å²) in [7, 11) is 2.20. The molecule has 1 aliphatic carbocycles. The molecule has 1 saturated carbocycles. The van der Waals surface area contributed by atoms with Gasteiger partial charge in [-0.3, -0.25) is 4.90 Å². The van der Waals surface area contributed by atoms with Gasteiger partial charge in [-0.2, -0.15) is 0 Å². The van der Waals surface area contributed by atoms with Gasteiger partial charge in [0.25, 0.3) is 0 Å². The fourth-order valence-corrected chi connectivity index (χ4v) is 1.78. The van der Waals surface area contributed by atoms with Crippen LogP contribution in [-0.4, -0.2) is 29.5 Å². The van der Waals surface area contributed by atoms with Crippen molar-refractivity contribution in [3.05, 3.63) is 23.9 Å². The molecule has 3 nitrogen and oxygen atoms in total. The molecule has 1 fully saturated rings. The Labute approximate surface area is 91.5 Å². The lowest BCUT2D eigenvalue weighted by atomic mass is 10.2. The van der Waals surface area contributed by atoms with Gasteiger partial charge in [-0.15, -0.1) is 0 Å². The minimum absolute atomic E-state index is 0.820. The van der Waals surface area contributed by atoms with Crippen LogP contribution in [0.3, 0.4) is 0 Å². The lowest BCUT2D eigenvalue weighted by Gasteiger charge is -2.15. The SMILES string of the molecule is CCNc1cc(CN(C)C2CC2)ccn1. The fourth-order valence-electron chi connectivity index (χ4n) is 1.78. The first-order chi connectivity index (χ1) is 7.29. The Bertz CT molecular complexity index is 320. The van der Waals surface area contributed by atoms with E-state index in [1.165, 1.54) is 18.4 Å². The van der Waals surface area contributed by atoms with Gasteiger partial charge in [0.2, 0.25) is 0 Å². The largest absolute Gasteiger partial charge is 0.370 e. The van der Waals surface area contributed by atoms with E-state index in [9.17, 15) is 0 Å². The summed E-state index contributed by atoms with van der Waals surface area (Å²) in [6.45, 7) is 4.05. The minimum atomic E-state index is 0.820. The molecule has 1 heterocycles. The summed E-state index contributed by atoms with van der Waals surface area (Å²) >= 11 is 0. The number of aromatic nitrogens is 1. The van der Waals surface area contributed by atoms with Crippen LogP contribution in [0, 0.1) is 0 Å². The Kier molecular flexibility index (Phi) is 3.21. The second kappa shape index (κ2) is 4.62. The summed E-state index contributed by atoms with van der Waals surface area (Å²) < 4.78 is 0. The molecule has 0 saturated heterocycles. The number of anilines is 1. The molecule has 0 unspecified atom stereocenters. The lowest BCUT2D eigenvalue weighted by molar-refractivity contribution is 0.316. The van der Waals surface area contributed by atoms with E-state index in [1.807, 2.05) is 6.20 Å². The van der Waals surface area contributed by atoms with Crippen LogP contribution < -0.4 is 5.32 Å². The van der Waals surface area contributed by atoms with E-state index in [1.54, 1.807) is 0 Å². The van der Waals surface area contributed by atoms with E-state index in [-0.39, 0.29) is 0 Å². The smallest absolute Gasteiger partial charge is 0.126 e. The molecule has 0 amide bonds. The maximum Gasteiger partial charge on any atom is 0.126 e. The van der Waals surface area contributed by atoms with Gasteiger partial charge in [-0.25, -0.2) is 4.98 Å². The molecule has 3 heteroatoms. The van der Waals surface area contributed by atoms with Crippen LogP contribution in [0.1, 0.15) is 25.3 Å². The average molecular weight is 205 g/mol. The van der Waals surface area contributed by atoms with Gasteiger partial charge in [-0.05, 0) is 44.5 Å². The van der Waals surface area contributed by atoms with Gasteiger partial charge in [0.05, 0.1) is 0 Å². The maximum absolute atomic E-state index is 4.27. The van der Waals surface area contributed by atoms with Crippen LogP contribution in [0.5, 0.6) is 0 Å². The Morgan fingerprint density at radius 3 is 3.00 bits per heavy atom. The quantitative estimate of drug-likeness (QED) is 0.798. The third-order valence-electron chi connectivity index (χ3n) is 2.78. The zero-order valence-corrected chi connectivity index (χ0v) is 9.53. The van der Waals surface area contributed by atoms with E-state index >= 15 is 0 Å². The summed E-state index contributed by atoms with van der Waals surface area (Å²) in [6, 6.07) is 5.06. The molecule has 0 atom stereocenters. The van der Waals surface area contributed by atoms with Gasteiger partial charge in [0.15, 0.2) is 0 Å². The van der Waals surface area contributed by atoms with Crippen molar-refractivity contribution in [3.63, 3.8) is 0 Å². The second-order valence-corrected chi connectivity index (χ2v) is 4.23. The third kappa shape index (κ3) is 2.93. The van der Waals surface area contributed by atoms with Gasteiger partial charge in [0.1, 0.15) is 5.82 Å². The monoisotopic (exact) mass is 205 g/mol. The molecule has 0 radical (unpaired) electrons. The molecule has 0 aliphatic heterocycles. The first-order valence-electron chi connectivity index (χ1n) is 5.68. The Balaban J connectivity index is 1.97. The number of pyridine rings is 1. The fraction of sp³-hybridized carbons (Fsp3) is 0.583. The van der Waals surface area contributed by atoms with E-state index in [0.29, 0.717) is 0 Å². The highest BCUT2D eigenvalue weighted by molar-refractivity contribution is 5.37. The van der Waals surface area contributed by atoms with Gasteiger partial charge in [0, 0.05) is 25.3 Å². The first kappa shape index (κ1) is 10.4. The van der Waals surface area contributed by atoms with E-state index < -0.39 is 0 Å². The van der Waals surface area contributed by atoms with Crippen LogP contribution in [0.15, 0.2) is 18.3 Å². The van der Waals surface area contributed by atoms with Crippen molar-refractivity contribution in [2.45, 2.75) is 32.4 Å². The molecule has 82 valence electrons. The number of nitrogens with zero attached hydrogens (tertiary/aromatic N) is 2. The molecular formula is C12H19N3. The predicted molar refractivity (Wildman–Crippen MR) is 62.9 cm³/mol. The summed E-state index contributed by atoms with van der Waals surface area (Å²) in [5.41, 5.74) is 1.34. The molecule has 0 bridgehead atoms. The van der Waals surface area contributed by atoms with Crippen molar-refractivity contribution in [2.75, 3.05) is 18.9 Å². The predicted octanol–water partition coefficient (Wildman–Crippen LogP) is 2.11. The Morgan fingerprint density at radius 2 is 2.33 bits per heavy atom. The second-order valence-electron chi connectivity index (χ2n) is 4.23. The Hall–Kier alpha value is -1.09. The average Bonchev–Trinajstić information content (AvgIpc) is 3.01. The van der Waals surface area contributed by atoms with E-state index in [0.717, 1.165) is 24.9 Å². The molecule has 1 aliphatic rings. The lowest BCUT2D eigenvalue weighted by Crippen LogP contribution is -2.20. The summed E-state index contributed by atoms with van der Waals surface area (Å²) in [5, 5.41) is 3.24. The Morgan fingerprint density at radius 1 is 1.53 bits per heavy atom. The third-order valence-corrected chi connectivity index (χ3v) is 2.78. The van der Waals surface area contributed by atoms with E-state index in [2.05, 4.69) is 41.3 Å². The van der Waals surface area contributed by atoms with Crippen LogP contribution >= 0.6 is 0 Å². The zero-order valence-electron chi connectivity index (χ0n) is 9.53. The number of hydrogen-bond acceptors (Lipinski definition) is 3. The number of hydrogen-bond donors (Lipinski definition) is 1. The van der Waals surface area contributed by atoms with Crippen LogP contribution in [0.25, 0.3) is 0 Å². The first-order valence-corrected chi connectivity index (χ1v) is 5.68. The van der Waals surface area contributed by atoms with Crippen molar-refractivity contribution in [3.8, 4) is 0 Å². The van der Waals surface area contributed by atoms with Crippen LogP contribution in [0.2, 0.25) is 0 Å². The van der Waals surface area contributed by atoms with E-state index in [4.69, 9.17) is 0 Å². The molecule has 0 spiro atoms. The normalized spacial score (nSPS) is 15.7. The summed E-state index contributed by atoms with van der Waals surface area (Å²) in [4.78, 5) is 6.69. The standard InChI is InChI=1S/C12H19N3/c1-3-13-12-8-10(6-7-14-12)9-15(2)11-4-5-11/h6-8,11H,3-5,9H2,1-2H3,(H,13,14). The molecule has 1 N–H and O–H groups in total. The van der Waals surface area contributed by atoms with Crippen molar-refractivity contribution in [2.24, 2.45) is 0 Å². The summed E-state index contributed by atoms with van der Waals surface area (Å²) in [5.74, 6) is 0.985. The van der Waals surface area contributed by atoms with Gasteiger partial charge < -0.3 is 5.32 Å². The maximum atomic E-state index is 4.27. The topological polar surface area (TPSA) is 28.2 Å². The van der Waals surface area contributed by atoms with Crippen LogP contribution in [-0.2, 0) is 6.54 Å². The van der Waals surface area contributed by atoms with Gasteiger partial charge in [-0.1, -0.05) is 0 Å². The van der Waals surface area contributed by atoms with Crippen molar-refractivity contribution < 1.29 is 0 Å². The van der Waals surface area contributed by atoms with Crippen molar-refractivity contribution >= 4 is 5.82 Å². The zero-order chi connectivity index (χ0) is 10.7. The summed E-state index contributed by atoms with van der Waals surface area (Å²) in [6.07, 6.45) is 4.61. The molecule has 1 aromatic heterocycles. The van der Waals surface area contributed by atoms with Crippen molar-refractivity contribution in [1.82, 2.24) is 9.88 Å².